The van der Waals surface area contributed by atoms with Crippen LogP contribution in [0.15, 0.2) is 78.2 Å². The molecule has 0 aliphatic rings. The first-order valence-electron chi connectivity index (χ1n) is 9.66. The maximum atomic E-state index is 12.7. The summed E-state index contributed by atoms with van der Waals surface area (Å²) < 4.78 is 3.95. The summed E-state index contributed by atoms with van der Waals surface area (Å²) in [6.45, 7) is 3.98. The van der Waals surface area contributed by atoms with E-state index < -0.39 is 0 Å². The third-order valence-corrected chi connectivity index (χ3v) is 5.77. The van der Waals surface area contributed by atoms with Gasteiger partial charge in [-0.3, -0.25) is 4.79 Å². The number of nitrogens with one attached hydrogen (secondary N) is 1. The zero-order chi connectivity index (χ0) is 22.0. The Kier molecular flexibility index (Phi) is 5.98. The summed E-state index contributed by atoms with van der Waals surface area (Å²) in [5, 5.41) is 5.19. The summed E-state index contributed by atoms with van der Waals surface area (Å²) in [4.78, 5) is 12.7. The Morgan fingerprint density at radius 3 is 2.45 bits per heavy atom. The molecule has 0 fully saturated rings. The largest absolute Gasteiger partial charge is 0.323 e. The van der Waals surface area contributed by atoms with E-state index in [1.165, 1.54) is 0 Å². The van der Waals surface area contributed by atoms with Crippen molar-refractivity contribution < 1.29 is 4.79 Å². The molecule has 0 bridgehead atoms. The molecule has 0 saturated heterocycles. The van der Waals surface area contributed by atoms with Crippen LogP contribution in [0.25, 0.3) is 11.4 Å². The molecule has 5 nitrogen and oxygen atoms in total. The number of aryl methyl sites for hydroxylation is 1. The van der Waals surface area contributed by atoms with Gasteiger partial charge in [-0.05, 0) is 62.4 Å². The Labute approximate surface area is 190 Å². The van der Waals surface area contributed by atoms with Gasteiger partial charge < -0.3 is 9.13 Å². The molecular formula is C24H20Cl2N4O. The number of carbonyl (C=O) groups is 1. The van der Waals surface area contributed by atoms with E-state index in [0.717, 1.165) is 28.3 Å². The molecule has 2 heterocycles. The molecule has 2 aromatic carbocycles. The number of benzene rings is 2. The van der Waals surface area contributed by atoms with Gasteiger partial charge in [-0.15, -0.1) is 0 Å². The topological polar surface area (TPSA) is 51.3 Å². The summed E-state index contributed by atoms with van der Waals surface area (Å²) in [5.41, 5.74) is 7.75. The Bertz CT molecular complexity index is 1270. The summed E-state index contributed by atoms with van der Waals surface area (Å²) in [6.07, 6.45) is 5.44. The molecular weight excluding hydrogens is 431 g/mol. The molecule has 1 N–H and O–H groups in total. The Hall–Kier alpha value is -3.28. The van der Waals surface area contributed by atoms with Gasteiger partial charge in [0.05, 0.1) is 27.5 Å². The van der Waals surface area contributed by atoms with E-state index >= 15 is 0 Å². The molecule has 4 rings (SSSR count). The average Bonchev–Trinajstić information content (AvgIpc) is 3.39. The summed E-state index contributed by atoms with van der Waals surface area (Å²) >= 11 is 12.2. The molecule has 4 aromatic rings. The fourth-order valence-electron chi connectivity index (χ4n) is 3.55. The van der Waals surface area contributed by atoms with Crippen molar-refractivity contribution in [2.45, 2.75) is 13.8 Å². The van der Waals surface area contributed by atoms with Crippen molar-refractivity contribution >= 4 is 35.3 Å². The van der Waals surface area contributed by atoms with E-state index in [2.05, 4.69) is 15.1 Å². The molecule has 0 saturated carbocycles. The van der Waals surface area contributed by atoms with Crippen LogP contribution in [0.3, 0.4) is 0 Å². The molecule has 0 aliphatic heterocycles. The molecule has 0 aliphatic carbocycles. The second-order valence-corrected chi connectivity index (χ2v) is 7.88. The zero-order valence-corrected chi connectivity index (χ0v) is 18.5. The van der Waals surface area contributed by atoms with Gasteiger partial charge >= 0.3 is 0 Å². The van der Waals surface area contributed by atoms with Crippen LogP contribution in [0, 0.1) is 13.8 Å². The number of hydrazone groups is 1. The van der Waals surface area contributed by atoms with E-state index in [0.29, 0.717) is 15.6 Å². The normalized spacial score (nSPS) is 11.2. The number of hydrogen-bond acceptors (Lipinski definition) is 2. The SMILES string of the molecule is Cc1cc(/C=N\NC(=O)c2ccccc2-n2cccc2)c(C)n1-c1ccc(Cl)c(Cl)c1. The van der Waals surface area contributed by atoms with Gasteiger partial charge in [-0.2, -0.15) is 5.10 Å². The molecule has 7 heteroatoms. The van der Waals surface area contributed by atoms with E-state index in [-0.39, 0.29) is 5.91 Å². The maximum Gasteiger partial charge on any atom is 0.273 e. The first kappa shape index (κ1) is 21.0. The minimum absolute atomic E-state index is 0.279. The number of hydrogen-bond donors (Lipinski definition) is 1. The van der Waals surface area contributed by atoms with E-state index in [1.54, 1.807) is 18.3 Å². The van der Waals surface area contributed by atoms with Crippen molar-refractivity contribution in [2.24, 2.45) is 5.10 Å². The van der Waals surface area contributed by atoms with Gasteiger partial charge in [0.2, 0.25) is 0 Å². The second kappa shape index (κ2) is 8.84. The first-order valence-corrected chi connectivity index (χ1v) is 10.4. The van der Waals surface area contributed by atoms with E-state index in [4.69, 9.17) is 23.2 Å². The minimum atomic E-state index is -0.279. The number of rotatable bonds is 5. The molecule has 156 valence electrons. The quantitative estimate of drug-likeness (QED) is 0.296. The molecule has 0 radical (unpaired) electrons. The standard InChI is InChI=1S/C24H20Cl2N4O/c1-16-13-18(17(2)30(16)19-9-10-21(25)22(26)14-19)15-27-28-24(31)20-7-3-4-8-23(20)29-11-5-6-12-29/h3-15H,1-2H3,(H,28,31)/b27-15-. The Morgan fingerprint density at radius 2 is 1.71 bits per heavy atom. The smallest absolute Gasteiger partial charge is 0.273 e. The lowest BCUT2D eigenvalue weighted by Gasteiger charge is -2.10. The summed E-state index contributed by atoms with van der Waals surface area (Å²) in [7, 11) is 0. The predicted molar refractivity (Wildman–Crippen MR) is 126 cm³/mol. The highest BCUT2D eigenvalue weighted by atomic mass is 35.5. The van der Waals surface area contributed by atoms with Gasteiger partial charge in [0.15, 0.2) is 0 Å². The third-order valence-electron chi connectivity index (χ3n) is 5.03. The van der Waals surface area contributed by atoms with Crippen molar-refractivity contribution in [2.75, 3.05) is 0 Å². The lowest BCUT2D eigenvalue weighted by atomic mass is 10.1. The Morgan fingerprint density at radius 1 is 0.968 bits per heavy atom. The number of para-hydroxylation sites is 1. The second-order valence-electron chi connectivity index (χ2n) is 7.07. The highest BCUT2D eigenvalue weighted by molar-refractivity contribution is 6.42. The fraction of sp³-hybridized carbons (Fsp3) is 0.0833. The zero-order valence-electron chi connectivity index (χ0n) is 17.0. The Balaban J connectivity index is 1.56. The molecule has 0 atom stereocenters. The van der Waals surface area contributed by atoms with Gasteiger partial charge in [-0.25, -0.2) is 5.43 Å². The van der Waals surface area contributed by atoms with Crippen molar-refractivity contribution in [1.29, 1.82) is 0 Å². The number of nitrogens with zero attached hydrogens (tertiary/aromatic N) is 3. The van der Waals surface area contributed by atoms with Crippen LogP contribution in [0.4, 0.5) is 0 Å². The van der Waals surface area contributed by atoms with E-state index in [1.807, 2.05) is 79.3 Å². The van der Waals surface area contributed by atoms with Gasteiger partial charge in [0, 0.05) is 35.0 Å². The predicted octanol–water partition coefficient (Wildman–Crippen LogP) is 5.96. The van der Waals surface area contributed by atoms with Crippen molar-refractivity contribution in [3.63, 3.8) is 0 Å². The molecule has 31 heavy (non-hydrogen) atoms. The highest BCUT2D eigenvalue weighted by Gasteiger charge is 2.13. The van der Waals surface area contributed by atoms with Crippen molar-refractivity contribution in [1.82, 2.24) is 14.6 Å². The van der Waals surface area contributed by atoms with Crippen LogP contribution in [-0.2, 0) is 0 Å². The van der Waals surface area contributed by atoms with Crippen LogP contribution in [0.5, 0.6) is 0 Å². The molecule has 0 spiro atoms. The average molecular weight is 451 g/mol. The number of halogens is 2. The van der Waals surface area contributed by atoms with E-state index in [9.17, 15) is 4.79 Å². The van der Waals surface area contributed by atoms with Gasteiger partial charge in [0.25, 0.3) is 5.91 Å². The number of aromatic nitrogens is 2. The van der Waals surface area contributed by atoms with Crippen LogP contribution in [0.2, 0.25) is 10.0 Å². The van der Waals surface area contributed by atoms with Crippen molar-refractivity contribution in [3.05, 3.63) is 106 Å². The van der Waals surface area contributed by atoms with Crippen LogP contribution < -0.4 is 5.43 Å². The lowest BCUT2D eigenvalue weighted by molar-refractivity contribution is 0.0955. The monoisotopic (exact) mass is 450 g/mol. The van der Waals surface area contributed by atoms with Crippen LogP contribution in [-0.4, -0.2) is 21.3 Å². The molecule has 2 aromatic heterocycles. The molecule has 0 unspecified atom stereocenters. The van der Waals surface area contributed by atoms with Crippen LogP contribution >= 0.6 is 23.2 Å². The van der Waals surface area contributed by atoms with Crippen molar-refractivity contribution in [3.8, 4) is 11.4 Å². The first-order chi connectivity index (χ1) is 15.0. The van der Waals surface area contributed by atoms with Gasteiger partial charge in [0.1, 0.15) is 0 Å². The number of amides is 1. The lowest BCUT2D eigenvalue weighted by Crippen LogP contribution is -2.19. The molecule has 1 amide bonds. The summed E-state index contributed by atoms with van der Waals surface area (Å²) in [5.74, 6) is -0.279. The fourth-order valence-corrected chi connectivity index (χ4v) is 3.84. The van der Waals surface area contributed by atoms with Gasteiger partial charge in [-0.1, -0.05) is 35.3 Å². The summed E-state index contributed by atoms with van der Waals surface area (Å²) in [6, 6.07) is 18.7. The number of carbonyl (C=O) groups excluding carboxylic acids is 1. The maximum absolute atomic E-state index is 12.7. The minimum Gasteiger partial charge on any atom is -0.323 e. The highest BCUT2D eigenvalue weighted by Crippen LogP contribution is 2.27. The third kappa shape index (κ3) is 4.29. The van der Waals surface area contributed by atoms with Crippen LogP contribution in [0.1, 0.15) is 27.3 Å².